The van der Waals surface area contributed by atoms with Gasteiger partial charge in [-0.3, -0.25) is 9.59 Å². The standard InChI is InChI=1S/C11H12N2O2/c1-7-3-2-4-8(5-7)10(14)13-9-6-12-11(9)15/h2-5,9H,6H2,1H3,(H,12,15)(H,13,14). The molecule has 78 valence electrons. The van der Waals surface area contributed by atoms with E-state index < -0.39 is 0 Å². The van der Waals surface area contributed by atoms with Crippen LogP contribution >= 0.6 is 0 Å². The summed E-state index contributed by atoms with van der Waals surface area (Å²) in [6.45, 7) is 2.45. The summed E-state index contributed by atoms with van der Waals surface area (Å²) in [6.07, 6.45) is 0. The molecule has 1 heterocycles. The van der Waals surface area contributed by atoms with E-state index in [1.165, 1.54) is 0 Å². The molecule has 0 bridgehead atoms. The summed E-state index contributed by atoms with van der Waals surface area (Å²) >= 11 is 0. The Kier molecular flexibility index (Phi) is 2.41. The first-order chi connectivity index (χ1) is 7.16. The molecule has 0 spiro atoms. The molecule has 15 heavy (non-hydrogen) atoms. The van der Waals surface area contributed by atoms with Gasteiger partial charge < -0.3 is 10.6 Å². The summed E-state index contributed by atoms with van der Waals surface area (Å²) in [5.74, 6) is -0.311. The number of aryl methyl sites for hydroxylation is 1. The average molecular weight is 204 g/mol. The zero-order valence-corrected chi connectivity index (χ0v) is 8.41. The maximum Gasteiger partial charge on any atom is 0.251 e. The van der Waals surface area contributed by atoms with Crippen LogP contribution in [0.25, 0.3) is 0 Å². The van der Waals surface area contributed by atoms with Gasteiger partial charge in [-0.05, 0) is 19.1 Å². The summed E-state index contributed by atoms with van der Waals surface area (Å²) < 4.78 is 0. The second-order valence-corrected chi connectivity index (χ2v) is 3.64. The van der Waals surface area contributed by atoms with Crippen molar-refractivity contribution in [1.82, 2.24) is 10.6 Å². The zero-order chi connectivity index (χ0) is 10.8. The molecular weight excluding hydrogens is 192 g/mol. The number of carbonyl (C=O) groups is 2. The van der Waals surface area contributed by atoms with Crippen LogP contribution in [-0.2, 0) is 4.79 Å². The van der Waals surface area contributed by atoms with Gasteiger partial charge in [-0.2, -0.15) is 0 Å². The number of carbonyl (C=O) groups excluding carboxylic acids is 2. The highest BCUT2D eigenvalue weighted by atomic mass is 16.2. The van der Waals surface area contributed by atoms with Crippen molar-refractivity contribution in [1.29, 1.82) is 0 Å². The van der Waals surface area contributed by atoms with Gasteiger partial charge in [0.15, 0.2) is 0 Å². The Labute approximate surface area is 87.7 Å². The summed E-state index contributed by atoms with van der Waals surface area (Å²) in [5, 5.41) is 5.23. The molecule has 1 aromatic carbocycles. The zero-order valence-electron chi connectivity index (χ0n) is 8.41. The Morgan fingerprint density at radius 1 is 1.53 bits per heavy atom. The number of β-lactam (4-membered cyclic amide) rings is 1. The van der Waals surface area contributed by atoms with E-state index in [0.29, 0.717) is 12.1 Å². The first-order valence-corrected chi connectivity index (χ1v) is 4.82. The van der Waals surface area contributed by atoms with Gasteiger partial charge in [-0.1, -0.05) is 17.7 Å². The van der Waals surface area contributed by atoms with E-state index in [0.717, 1.165) is 5.56 Å². The van der Waals surface area contributed by atoms with Crippen molar-refractivity contribution in [3.05, 3.63) is 35.4 Å². The number of amides is 2. The van der Waals surface area contributed by atoms with Crippen LogP contribution in [0.3, 0.4) is 0 Å². The molecule has 0 radical (unpaired) electrons. The van der Waals surface area contributed by atoms with Crippen molar-refractivity contribution in [3.63, 3.8) is 0 Å². The minimum atomic E-state index is -0.363. The Morgan fingerprint density at radius 2 is 2.33 bits per heavy atom. The highest BCUT2D eigenvalue weighted by Gasteiger charge is 2.29. The van der Waals surface area contributed by atoms with Crippen molar-refractivity contribution in [2.45, 2.75) is 13.0 Å². The van der Waals surface area contributed by atoms with Crippen molar-refractivity contribution in [2.75, 3.05) is 6.54 Å². The molecule has 2 amide bonds. The van der Waals surface area contributed by atoms with Crippen molar-refractivity contribution < 1.29 is 9.59 Å². The third-order valence-corrected chi connectivity index (χ3v) is 2.38. The molecule has 0 aromatic heterocycles. The van der Waals surface area contributed by atoms with E-state index in [9.17, 15) is 9.59 Å². The molecule has 1 saturated heterocycles. The van der Waals surface area contributed by atoms with Crippen LogP contribution in [0.5, 0.6) is 0 Å². The Bertz CT molecular complexity index is 415. The average Bonchev–Trinajstić information content (AvgIpc) is 2.23. The van der Waals surface area contributed by atoms with Crippen LogP contribution in [0.1, 0.15) is 15.9 Å². The lowest BCUT2D eigenvalue weighted by molar-refractivity contribution is -0.128. The highest BCUT2D eigenvalue weighted by molar-refractivity contribution is 5.99. The number of nitrogens with one attached hydrogen (secondary N) is 2. The van der Waals surface area contributed by atoms with E-state index in [2.05, 4.69) is 10.6 Å². The molecule has 4 nitrogen and oxygen atoms in total. The van der Waals surface area contributed by atoms with E-state index in [1.807, 2.05) is 19.1 Å². The van der Waals surface area contributed by atoms with E-state index in [4.69, 9.17) is 0 Å². The maximum absolute atomic E-state index is 11.7. The SMILES string of the molecule is Cc1cccc(C(=O)NC2CNC2=O)c1. The molecule has 1 atom stereocenters. The molecule has 2 rings (SSSR count). The van der Waals surface area contributed by atoms with Crippen LogP contribution < -0.4 is 10.6 Å². The number of benzene rings is 1. The second-order valence-electron chi connectivity index (χ2n) is 3.64. The topological polar surface area (TPSA) is 58.2 Å². The van der Waals surface area contributed by atoms with Crippen LogP contribution in [0.4, 0.5) is 0 Å². The minimum Gasteiger partial charge on any atom is -0.352 e. The highest BCUT2D eigenvalue weighted by Crippen LogP contribution is 2.05. The number of rotatable bonds is 2. The Hall–Kier alpha value is -1.84. The fourth-order valence-electron chi connectivity index (χ4n) is 1.43. The minimum absolute atomic E-state index is 0.115. The monoisotopic (exact) mass is 204 g/mol. The molecule has 1 fully saturated rings. The van der Waals surface area contributed by atoms with E-state index >= 15 is 0 Å². The number of hydrogen-bond acceptors (Lipinski definition) is 2. The summed E-state index contributed by atoms with van der Waals surface area (Å²) in [5.41, 5.74) is 1.62. The van der Waals surface area contributed by atoms with Crippen molar-refractivity contribution >= 4 is 11.8 Å². The summed E-state index contributed by atoms with van der Waals surface area (Å²) in [7, 11) is 0. The number of hydrogen-bond donors (Lipinski definition) is 2. The van der Waals surface area contributed by atoms with Crippen LogP contribution in [0, 0.1) is 6.92 Å². The van der Waals surface area contributed by atoms with E-state index in [1.54, 1.807) is 12.1 Å². The molecule has 4 heteroatoms. The van der Waals surface area contributed by atoms with Gasteiger partial charge in [0.25, 0.3) is 5.91 Å². The van der Waals surface area contributed by atoms with Gasteiger partial charge in [0, 0.05) is 12.1 Å². The van der Waals surface area contributed by atoms with Crippen LogP contribution in [0.15, 0.2) is 24.3 Å². The maximum atomic E-state index is 11.7. The predicted octanol–water partition coefficient (Wildman–Crippen LogP) is 0.223. The molecule has 1 aliphatic heterocycles. The first kappa shape index (κ1) is 9.71. The molecule has 2 N–H and O–H groups in total. The second kappa shape index (κ2) is 3.73. The molecule has 1 aromatic rings. The first-order valence-electron chi connectivity index (χ1n) is 4.82. The molecular formula is C11H12N2O2. The lowest BCUT2D eigenvalue weighted by Gasteiger charge is -2.26. The van der Waals surface area contributed by atoms with Crippen molar-refractivity contribution in [3.8, 4) is 0 Å². The van der Waals surface area contributed by atoms with Gasteiger partial charge in [0.1, 0.15) is 6.04 Å². The molecule has 1 aliphatic rings. The van der Waals surface area contributed by atoms with Crippen LogP contribution in [-0.4, -0.2) is 24.4 Å². The Balaban J connectivity index is 2.04. The quantitative estimate of drug-likeness (QED) is 0.677. The molecule has 0 aliphatic carbocycles. The smallest absolute Gasteiger partial charge is 0.251 e. The van der Waals surface area contributed by atoms with Gasteiger partial charge in [-0.25, -0.2) is 0 Å². The molecule has 0 saturated carbocycles. The summed E-state index contributed by atoms with van der Waals surface area (Å²) in [4.78, 5) is 22.6. The fourth-order valence-corrected chi connectivity index (χ4v) is 1.43. The largest absolute Gasteiger partial charge is 0.352 e. The van der Waals surface area contributed by atoms with Crippen molar-refractivity contribution in [2.24, 2.45) is 0 Å². The normalized spacial score (nSPS) is 19.0. The Morgan fingerprint density at radius 3 is 2.87 bits per heavy atom. The van der Waals surface area contributed by atoms with Crippen LogP contribution in [0.2, 0.25) is 0 Å². The van der Waals surface area contributed by atoms with Gasteiger partial charge in [0.05, 0.1) is 0 Å². The van der Waals surface area contributed by atoms with Gasteiger partial charge in [0.2, 0.25) is 5.91 Å². The summed E-state index contributed by atoms with van der Waals surface area (Å²) in [6, 6.07) is 6.92. The van der Waals surface area contributed by atoms with Gasteiger partial charge >= 0.3 is 0 Å². The van der Waals surface area contributed by atoms with Gasteiger partial charge in [-0.15, -0.1) is 0 Å². The third kappa shape index (κ3) is 1.98. The molecule has 1 unspecified atom stereocenters. The van der Waals surface area contributed by atoms with E-state index in [-0.39, 0.29) is 17.9 Å². The lowest BCUT2D eigenvalue weighted by Crippen LogP contribution is -2.61. The predicted molar refractivity (Wildman–Crippen MR) is 55.4 cm³/mol. The fraction of sp³-hybridized carbons (Fsp3) is 0.273. The lowest BCUT2D eigenvalue weighted by atomic mass is 10.1. The third-order valence-electron chi connectivity index (χ3n) is 2.38.